The summed E-state index contributed by atoms with van der Waals surface area (Å²) in [5.74, 6) is -1.62. The monoisotopic (exact) mass is 365 g/mol. The van der Waals surface area contributed by atoms with Crippen molar-refractivity contribution < 1.29 is 13.6 Å². The Morgan fingerprint density at radius 2 is 1.88 bits per heavy atom. The number of amides is 1. The third-order valence-electron chi connectivity index (χ3n) is 5.31. The number of fused-ring (bicyclic) bond motifs is 1. The van der Waals surface area contributed by atoms with Crippen molar-refractivity contribution in [3.8, 4) is 0 Å². The average Bonchev–Trinajstić information content (AvgIpc) is 3.10. The molecule has 2 aliphatic rings. The molecule has 0 atom stereocenters. The van der Waals surface area contributed by atoms with Crippen molar-refractivity contribution in [2.45, 2.75) is 31.6 Å². The lowest BCUT2D eigenvalue weighted by Gasteiger charge is -2.37. The molecule has 4 heterocycles. The van der Waals surface area contributed by atoms with Gasteiger partial charge in [0.05, 0.1) is 0 Å². The number of rotatable bonds is 2. The van der Waals surface area contributed by atoms with Gasteiger partial charge in [0, 0.05) is 61.2 Å². The number of aromatic nitrogens is 1. The summed E-state index contributed by atoms with van der Waals surface area (Å²) in [6.07, 6.45) is 2.94. The van der Waals surface area contributed by atoms with Crippen molar-refractivity contribution in [2.75, 3.05) is 31.1 Å². The Kier molecular flexibility index (Phi) is 4.35. The van der Waals surface area contributed by atoms with Crippen LogP contribution in [0.25, 0.3) is 10.1 Å². The molecule has 7 heteroatoms. The van der Waals surface area contributed by atoms with Gasteiger partial charge in [0.1, 0.15) is 5.82 Å². The zero-order valence-electron chi connectivity index (χ0n) is 14.0. The topological polar surface area (TPSA) is 36.4 Å². The van der Waals surface area contributed by atoms with Crippen LogP contribution in [0.2, 0.25) is 0 Å². The van der Waals surface area contributed by atoms with Crippen LogP contribution in [0.15, 0.2) is 23.7 Å². The highest BCUT2D eigenvalue weighted by molar-refractivity contribution is 7.17. The van der Waals surface area contributed by atoms with E-state index in [0.717, 1.165) is 37.1 Å². The number of alkyl halides is 2. The quantitative estimate of drug-likeness (QED) is 0.813. The van der Waals surface area contributed by atoms with E-state index in [1.165, 1.54) is 4.70 Å². The molecule has 4 rings (SSSR count). The van der Waals surface area contributed by atoms with Gasteiger partial charge in [-0.05, 0) is 30.4 Å². The lowest BCUT2D eigenvalue weighted by atomic mass is 9.94. The number of pyridine rings is 1. The predicted molar refractivity (Wildman–Crippen MR) is 95.3 cm³/mol. The molecule has 2 fully saturated rings. The van der Waals surface area contributed by atoms with Crippen molar-refractivity contribution in [1.82, 2.24) is 9.88 Å². The number of halogens is 2. The van der Waals surface area contributed by atoms with E-state index in [0.29, 0.717) is 0 Å². The third kappa shape index (κ3) is 3.34. The molecular weight excluding hydrogens is 344 g/mol. The molecule has 0 aliphatic carbocycles. The highest BCUT2D eigenvalue weighted by Crippen LogP contribution is 2.33. The summed E-state index contributed by atoms with van der Waals surface area (Å²) in [5, 5.41) is 3.23. The van der Waals surface area contributed by atoms with Crippen LogP contribution in [-0.2, 0) is 4.79 Å². The average molecular weight is 365 g/mol. The maximum Gasteiger partial charge on any atom is 0.251 e. The van der Waals surface area contributed by atoms with E-state index in [1.807, 2.05) is 12.3 Å². The molecule has 0 radical (unpaired) electrons. The number of hydrogen-bond donors (Lipinski definition) is 0. The smallest absolute Gasteiger partial charge is 0.251 e. The Hall–Kier alpha value is -1.76. The molecule has 134 valence electrons. The Labute approximate surface area is 149 Å². The summed E-state index contributed by atoms with van der Waals surface area (Å²) >= 11 is 1.70. The maximum absolute atomic E-state index is 13.3. The lowest BCUT2D eigenvalue weighted by molar-refractivity contribution is -0.142. The van der Waals surface area contributed by atoms with Crippen LogP contribution in [0.1, 0.15) is 25.7 Å². The molecule has 0 aromatic carbocycles. The highest BCUT2D eigenvalue weighted by Gasteiger charge is 2.38. The molecule has 1 amide bonds. The summed E-state index contributed by atoms with van der Waals surface area (Å²) in [4.78, 5) is 21.0. The molecule has 0 spiro atoms. The molecule has 0 bridgehead atoms. The summed E-state index contributed by atoms with van der Waals surface area (Å²) in [6, 6.07) is 4.11. The second kappa shape index (κ2) is 6.52. The Bertz CT molecular complexity index is 761. The Balaban J connectivity index is 1.38. The van der Waals surface area contributed by atoms with Crippen molar-refractivity contribution in [1.29, 1.82) is 0 Å². The van der Waals surface area contributed by atoms with E-state index < -0.39 is 5.92 Å². The molecule has 0 saturated carbocycles. The van der Waals surface area contributed by atoms with Gasteiger partial charge in [0.15, 0.2) is 0 Å². The van der Waals surface area contributed by atoms with Gasteiger partial charge < -0.3 is 9.80 Å². The first-order valence-electron chi connectivity index (χ1n) is 8.77. The first kappa shape index (κ1) is 16.7. The molecule has 0 N–H and O–H groups in total. The maximum atomic E-state index is 13.3. The first-order chi connectivity index (χ1) is 12.0. The number of carbonyl (C=O) groups is 1. The second-order valence-electron chi connectivity index (χ2n) is 6.91. The summed E-state index contributed by atoms with van der Waals surface area (Å²) in [5.41, 5.74) is 0. The molecule has 2 aliphatic heterocycles. The zero-order valence-corrected chi connectivity index (χ0v) is 14.8. The van der Waals surface area contributed by atoms with Crippen LogP contribution in [-0.4, -0.2) is 47.9 Å². The van der Waals surface area contributed by atoms with E-state index in [1.54, 1.807) is 16.2 Å². The first-order valence-corrected chi connectivity index (χ1v) is 9.65. The van der Waals surface area contributed by atoms with Gasteiger partial charge in [-0.3, -0.25) is 4.79 Å². The van der Waals surface area contributed by atoms with Crippen molar-refractivity contribution in [3.05, 3.63) is 23.7 Å². The van der Waals surface area contributed by atoms with Gasteiger partial charge in [-0.25, -0.2) is 13.8 Å². The zero-order chi connectivity index (χ0) is 17.4. The van der Waals surface area contributed by atoms with Crippen LogP contribution >= 0.6 is 11.3 Å². The fourth-order valence-corrected chi connectivity index (χ4v) is 4.56. The fraction of sp³-hybridized carbons (Fsp3) is 0.556. The van der Waals surface area contributed by atoms with Crippen LogP contribution < -0.4 is 4.90 Å². The van der Waals surface area contributed by atoms with Gasteiger partial charge in [-0.1, -0.05) is 0 Å². The van der Waals surface area contributed by atoms with Gasteiger partial charge in [0.25, 0.3) is 5.92 Å². The van der Waals surface area contributed by atoms with Crippen molar-refractivity contribution in [3.63, 3.8) is 0 Å². The highest BCUT2D eigenvalue weighted by atomic mass is 32.1. The van der Waals surface area contributed by atoms with Gasteiger partial charge in [-0.15, -0.1) is 11.3 Å². The summed E-state index contributed by atoms with van der Waals surface area (Å²) in [6.45, 7) is 1.92. The van der Waals surface area contributed by atoms with E-state index >= 15 is 0 Å². The minimum Gasteiger partial charge on any atom is -0.356 e. The Morgan fingerprint density at radius 1 is 1.16 bits per heavy atom. The molecular formula is C18H21F2N3OS. The SMILES string of the molecule is O=C(C1CCN(c2nccc3sccc23)CC1)N1CCC(F)(F)CC1. The van der Waals surface area contributed by atoms with Crippen molar-refractivity contribution in [2.24, 2.45) is 5.92 Å². The summed E-state index contributed by atoms with van der Waals surface area (Å²) in [7, 11) is 0. The van der Waals surface area contributed by atoms with Crippen LogP contribution in [0.4, 0.5) is 14.6 Å². The normalized spacial score (nSPS) is 21.7. The third-order valence-corrected chi connectivity index (χ3v) is 6.19. The summed E-state index contributed by atoms with van der Waals surface area (Å²) < 4.78 is 27.8. The number of piperidine rings is 2. The molecule has 0 unspecified atom stereocenters. The van der Waals surface area contributed by atoms with E-state index in [4.69, 9.17) is 0 Å². The van der Waals surface area contributed by atoms with Gasteiger partial charge >= 0.3 is 0 Å². The number of anilines is 1. The fourth-order valence-electron chi connectivity index (χ4n) is 3.78. The molecule has 25 heavy (non-hydrogen) atoms. The van der Waals surface area contributed by atoms with Crippen molar-refractivity contribution >= 4 is 33.1 Å². The second-order valence-corrected chi connectivity index (χ2v) is 7.86. The van der Waals surface area contributed by atoms with Crippen LogP contribution in [0.5, 0.6) is 0 Å². The number of nitrogens with zero attached hydrogens (tertiary/aromatic N) is 3. The van der Waals surface area contributed by atoms with Gasteiger partial charge in [0.2, 0.25) is 5.91 Å². The molecule has 4 nitrogen and oxygen atoms in total. The minimum atomic E-state index is -2.61. The van der Waals surface area contributed by atoms with E-state index in [9.17, 15) is 13.6 Å². The van der Waals surface area contributed by atoms with E-state index in [-0.39, 0.29) is 37.8 Å². The number of carbonyl (C=O) groups excluding carboxylic acids is 1. The number of thiophene rings is 1. The molecule has 2 aromatic rings. The molecule has 2 saturated heterocycles. The Morgan fingerprint density at radius 3 is 2.60 bits per heavy atom. The predicted octanol–water partition coefficient (Wildman–Crippen LogP) is 3.77. The van der Waals surface area contributed by atoms with Crippen LogP contribution in [0, 0.1) is 5.92 Å². The van der Waals surface area contributed by atoms with E-state index in [2.05, 4.69) is 21.3 Å². The number of hydrogen-bond acceptors (Lipinski definition) is 4. The van der Waals surface area contributed by atoms with Gasteiger partial charge in [-0.2, -0.15) is 0 Å². The lowest BCUT2D eigenvalue weighted by Crippen LogP contribution is -2.47. The van der Waals surface area contributed by atoms with Crippen LogP contribution in [0.3, 0.4) is 0 Å². The minimum absolute atomic E-state index is 0.0512. The number of likely N-dealkylation sites (tertiary alicyclic amines) is 1. The standard InChI is InChI=1S/C18H21F2N3OS/c19-18(20)5-10-23(11-6-18)17(24)13-2-8-22(9-3-13)16-14-4-12-25-15(14)1-7-21-16/h1,4,7,12-13H,2-3,5-6,8-11H2. The molecule has 2 aromatic heterocycles. The largest absolute Gasteiger partial charge is 0.356 e.